The first-order valence-corrected chi connectivity index (χ1v) is 6.74. The van der Waals surface area contributed by atoms with Crippen LogP contribution in [0.4, 0.5) is 4.39 Å². The van der Waals surface area contributed by atoms with Gasteiger partial charge in [0, 0.05) is 16.9 Å². The number of benzene rings is 1. The summed E-state index contributed by atoms with van der Waals surface area (Å²) in [6.45, 7) is 4.05. The molecule has 0 atom stereocenters. The van der Waals surface area contributed by atoms with Crippen LogP contribution in [0, 0.1) is 5.82 Å². The molecule has 1 aliphatic rings. The van der Waals surface area contributed by atoms with Crippen LogP contribution in [0.5, 0.6) is 0 Å². The smallest absolute Gasteiger partial charge is 0.336 e. The summed E-state index contributed by atoms with van der Waals surface area (Å²) in [6.07, 6.45) is 1.50. The normalized spacial score (nSPS) is 16.4. The van der Waals surface area contributed by atoms with Crippen LogP contribution in [0.25, 0.3) is 10.9 Å². The molecule has 0 radical (unpaired) electrons. The largest absolute Gasteiger partial charge is 0.478 e. The lowest BCUT2D eigenvalue weighted by atomic mass is 9.89. The van der Waals surface area contributed by atoms with Crippen LogP contribution in [0.3, 0.4) is 0 Å². The van der Waals surface area contributed by atoms with Crippen LogP contribution in [0.15, 0.2) is 12.1 Å². The molecular weight excluding hydrogens is 281 g/mol. The van der Waals surface area contributed by atoms with Gasteiger partial charge in [-0.05, 0) is 24.5 Å². The van der Waals surface area contributed by atoms with Gasteiger partial charge in [0.15, 0.2) is 0 Å². The number of halogens is 2. The molecule has 2 aromatic rings. The van der Waals surface area contributed by atoms with Gasteiger partial charge in [-0.3, -0.25) is 4.98 Å². The fraction of sp³-hybridized carbons (Fsp3) is 0.333. The molecule has 20 heavy (non-hydrogen) atoms. The van der Waals surface area contributed by atoms with Crippen molar-refractivity contribution in [1.82, 2.24) is 4.98 Å². The topological polar surface area (TPSA) is 50.2 Å². The highest BCUT2D eigenvalue weighted by Crippen LogP contribution is 2.41. The molecule has 1 aromatic carbocycles. The van der Waals surface area contributed by atoms with Crippen molar-refractivity contribution in [3.05, 3.63) is 39.8 Å². The number of hydrogen-bond acceptors (Lipinski definition) is 2. The van der Waals surface area contributed by atoms with E-state index in [0.717, 1.165) is 17.7 Å². The van der Waals surface area contributed by atoms with E-state index >= 15 is 0 Å². The monoisotopic (exact) mass is 293 g/mol. The number of carboxylic acid groups (broad SMARTS) is 1. The standard InChI is InChI=1S/C15H13ClFNO2/c1-15(2)4-3-7-12(14(19)20)8-5-9(16)10(17)6-11(8)18-13(7)15/h5-6H,3-4H2,1-2H3,(H,19,20). The molecule has 0 unspecified atom stereocenters. The average molecular weight is 294 g/mol. The number of carbonyl (C=O) groups is 1. The fourth-order valence-corrected chi connectivity index (χ4v) is 3.07. The predicted octanol–water partition coefficient (Wildman–Crippen LogP) is 3.95. The van der Waals surface area contributed by atoms with E-state index in [2.05, 4.69) is 4.98 Å². The summed E-state index contributed by atoms with van der Waals surface area (Å²) in [5.74, 6) is -1.60. The Balaban J connectivity index is 2.47. The van der Waals surface area contributed by atoms with Crippen molar-refractivity contribution in [2.75, 3.05) is 0 Å². The van der Waals surface area contributed by atoms with E-state index in [1.54, 1.807) is 0 Å². The summed E-state index contributed by atoms with van der Waals surface area (Å²) >= 11 is 5.78. The van der Waals surface area contributed by atoms with Gasteiger partial charge in [-0.2, -0.15) is 0 Å². The first-order chi connectivity index (χ1) is 9.31. The molecule has 0 amide bonds. The predicted molar refractivity (Wildman–Crippen MR) is 75.0 cm³/mol. The molecule has 0 bridgehead atoms. The van der Waals surface area contributed by atoms with E-state index in [1.807, 2.05) is 13.8 Å². The minimum Gasteiger partial charge on any atom is -0.478 e. The Hall–Kier alpha value is -1.68. The molecule has 0 aliphatic heterocycles. The molecule has 0 saturated heterocycles. The highest BCUT2D eigenvalue weighted by atomic mass is 35.5. The number of aromatic carboxylic acids is 1. The van der Waals surface area contributed by atoms with E-state index in [1.165, 1.54) is 12.1 Å². The lowest BCUT2D eigenvalue weighted by molar-refractivity contribution is 0.0698. The van der Waals surface area contributed by atoms with Gasteiger partial charge in [-0.25, -0.2) is 9.18 Å². The molecule has 0 spiro atoms. The summed E-state index contributed by atoms with van der Waals surface area (Å²) in [4.78, 5) is 16.1. The van der Waals surface area contributed by atoms with Gasteiger partial charge in [-0.1, -0.05) is 25.4 Å². The van der Waals surface area contributed by atoms with Crippen LogP contribution in [-0.2, 0) is 11.8 Å². The van der Waals surface area contributed by atoms with E-state index in [4.69, 9.17) is 11.6 Å². The summed E-state index contributed by atoms with van der Waals surface area (Å²) in [6, 6.07) is 2.56. The van der Waals surface area contributed by atoms with Crippen molar-refractivity contribution >= 4 is 28.5 Å². The Labute approximate surface area is 120 Å². The van der Waals surface area contributed by atoms with Gasteiger partial charge < -0.3 is 5.11 Å². The van der Waals surface area contributed by atoms with Crippen molar-refractivity contribution in [2.45, 2.75) is 32.1 Å². The van der Waals surface area contributed by atoms with Crippen LogP contribution < -0.4 is 0 Å². The number of nitrogens with zero attached hydrogens (tertiary/aromatic N) is 1. The third-order valence-corrected chi connectivity index (χ3v) is 4.27. The molecule has 0 saturated carbocycles. The van der Waals surface area contributed by atoms with Gasteiger partial charge in [0.1, 0.15) is 5.82 Å². The van der Waals surface area contributed by atoms with Crippen LogP contribution >= 0.6 is 11.6 Å². The SMILES string of the molecule is CC1(C)CCc2c1nc1cc(F)c(Cl)cc1c2C(=O)O. The van der Waals surface area contributed by atoms with E-state index in [0.29, 0.717) is 17.3 Å². The highest BCUT2D eigenvalue weighted by molar-refractivity contribution is 6.31. The van der Waals surface area contributed by atoms with Gasteiger partial charge in [-0.15, -0.1) is 0 Å². The van der Waals surface area contributed by atoms with Crippen molar-refractivity contribution in [1.29, 1.82) is 0 Å². The Kier molecular flexibility index (Phi) is 2.77. The van der Waals surface area contributed by atoms with Gasteiger partial charge in [0.2, 0.25) is 0 Å². The number of carboxylic acids is 1. The molecule has 1 aliphatic carbocycles. The Morgan fingerprint density at radius 2 is 2.15 bits per heavy atom. The maximum absolute atomic E-state index is 13.6. The minimum absolute atomic E-state index is 0.0843. The molecular formula is C15H13ClFNO2. The summed E-state index contributed by atoms with van der Waals surface area (Å²) in [7, 11) is 0. The molecule has 5 heteroatoms. The molecule has 3 rings (SSSR count). The third kappa shape index (κ3) is 1.79. The molecule has 104 valence electrons. The molecule has 3 nitrogen and oxygen atoms in total. The van der Waals surface area contributed by atoms with Crippen LogP contribution in [-0.4, -0.2) is 16.1 Å². The quantitative estimate of drug-likeness (QED) is 0.866. The van der Waals surface area contributed by atoms with Crippen molar-refractivity contribution in [2.24, 2.45) is 0 Å². The first-order valence-electron chi connectivity index (χ1n) is 6.36. The highest BCUT2D eigenvalue weighted by Gasteiger charge is 2.35. The summed E-state index contributed by atoms with van der Waals surface area (Å²) in [5.41, 5.74) is 1.86. The zero-order chi connectivity index (χ0) is 14.7. The maximum atomic E-state index is 13.6. The Morgan fingerprint density at radius 1 is 1.45 bits per heavy atom. The van der Waals surface area contributed by atoms with Crippen molar-refractivity contribution < 1.29 is 14.3 Å². The number of aromatic nitrogens is 1. The van der Waals surface area contributed by atoms with Gasteiger partial charge >= 0.3 is 5.97 Å². The number of pyridine rings is 1. The second kappa shape index (κ2) is 4.16. The summed E-state index contributed by atoms with van der Waals surface area (Å²) < 4.78 is 13.6. The first kappa shape index (κ1) is 13.3. The average Bonchev–Trinajstić information content (AvgIpc) is 2.64. The second-order valence-electron chi connectivity index (χ2n) is 5.79. The summed E-state index contributed by atoms with van der Waals surface area (Å²) in [5, 5.41) is 9.83. The number of fused-ring (bicyclic) bond motifs is 2. The van der Waals surface area contributed by atoms with Crippen molar-refractivity contribution in [3.63, 3.8) is 0 Å². The Morgan fingerprint density at radius 3 is 2.80 bits per heavy atom. The van der Waals surface area contributed by atoms with Crippen molar-refractivity contribution in [3.8, 4) is 0 Å². The van der Waals surface area contributed by atoms with E-state index in [-0.39, 0.29) is 16.0 Å². The molecule has 1 heterocycles. The van der Waals surface area contributed by atoms with Crippen LogP contribution in [0.1, 0.15) is 41.9 Å². The second-order valence-corrected chi connectivity index (χ2v) is 6.19. The van der Waals surface area contributed by atoms with E-state index in [9.17, 15) is 14.3 Å². The Bertz CT molecular complexity index is 755. The molecule has 0 fully saturated rings. The van der Waals surface area contributed by atoms with E-state index < -0.39 is 11.8 Å². The molecule has 1 aromatic heterocycles. The van der Waals surface area contributed by atoms with Gasteiger partial charge in [0.25, 0.3) is 0 Å². The third-order valence-electron chi connectivity index (χ3n) is 3.98. The van der Waals surface area contributed by atoms with Crippen LogP contribution in [0.2, 0.25) is 5.02 Å². The molecule has 1 N–H and O–H groups in total. The number of hydrogen-bond donors (Lipinski definition) is 1. The number of rotatable bonds is 1. The zero-order valence-electron chi connectivity index (χ0n) is 11.1. The lowest BCUT2D eigenvalue weighted by Gasteiger charge is -2.19. The zero-order valence-corrected chi connectivity index (χ0v) is 11.9. The fourth-order valence-electron chi connectivity index (χ4n) is 2.90. The maximum Gasteiger partial charge on any atom is 0.336 e. The minimum atomic E-state index is -1.02. The van der Waals surface area contributed by atoms with Gasteiger partial charge in [0.05, 0.1) is 21.8 Å². The lowest BCUT2D eigenvalue weighted by Crippen LogP contribution is -2.15.